The molecular weight excluding hydrogens is 422 g/mol. The molecule has 0 atom stereocenters. The molecule has 1 heterocycles. The number of carboxylic acid groups (broad SMARTS) is 2. The minimum Gasteiger partial charge on any atom is -0.473 e. The van der Waals surface area contributed by atoms with Gasteiger partial charge in [-0.25, -0.2) is 9.59 Å². The molecule has 2 aromatic carbocycles. The van der Waals surface area contributed by atoms with E-state index in [1.54, 1.807) is 6.07 Å². The number of amides is 1. The molecule has 3 N–H and O–H groups in total. The van der Waals surface area contributed by atoms with Gasteiger partial charge in [0.05, 0.1) is 10.7 Å². The Morgan fingerprint density at radius 3 is 1.97 bits per heavy atom. The second kappa shape index (κ2) is 12.7. The Morgan fingerprint density at radius 2 is 1.39 bits per heavy atom. The molecular formula is C22H26ClN3O5. The monoisotopic (exact) mass is 447 g/mol. The zero-order chi connectivity index (χ0) is 22.6. The van der Waals surface area contributed by atoms with Gasteiger partial charge in [-0.05, 0) is 17.7 Å². The fourth-order valence-electron chi connectivity index (χ4n) is 3.05. The number of carbonyl (C=O) groups excluding carboxylic acids is 1. The summed E-state index contributed by atoms with van der Waals surface area (Å²) in [5.41, 5.74) is 2.04. The zero-order valence-electron chi connectivity index (χ0n) is 17.0. The van der Waals surface area contributed by atoms with E-state index in [-0.39, 0.29) is 5.91 Å². The molecule has 3 rings (SSSR count). The molecule has 1 saturated heterocycles. The minimum atomic E-state index is -1.82. The number of aliphatic carboxylic acids is 2. The third-order valence-electron chi connectivity index (χ3n) is 4.70. The van der Waals surface area contributed by atoms with E-state index in [1.165, 1.54) is 5.56 Å². The number of carboxylic acids is 2. The van der Waals surface area contributed by atoms with Crippen LogP contribution >= 0.6 is 11.6 Å². The van der Waals surface area contributed by atoms with Gasteiger partial charge in [-0.2, -0.15) is 0 Å². The van der Waals surface area contributed by atoms with Crippen molar-refractivity contribution in [2.45, 2.75) is 13.0 Å². The summed E-state index contributed by atoms with van der Waals surface area (Å²) in [6.45, 7) is 5.89. The molecule has 166 valence electrons. The molecule has 1 fully saturated rings. The topological polar surface area (TPSA) is 110 Å². The van der Waals surface area contributed by atoms with Crippen LogP contribution in [0.3, 0.4) is 0 Å². The lowest BCUT2D eigenvalue weighted by Crippen LogP contribution is -2.46. The molecule has 0 saturated carbocycles. The third-order valence-corrected chi connectivity index (χ3v) is 5.03. The smallest absolute Gasteiger partial charge is 0.414 e. The summed E-state index contributed by atoms with van der Waals surface area (Å²) in [5, 5.41) is 18.2. The normalized spacial score (nSPS) is 14.2. The first-order valence-electron chi connectivity index (χ1n) is 9.84. The van der Waals surface area contributed by atoms with E-state index in [2.05, 4.69) is 45.4 Å². The van der Waals surface area contributed by atoms with Gasteiger partial charge >= 0.3 is 11.9 Å². The molecule has 0 spiro atoms. The van der Waals surface area contributed by atoms with Crippen LogP contribution in [-0.2, 0) is 20.9 Å². The maximum absolute atomic E-state index is 12.1. The maximum Gasteiger partial charge on any atom is 0.414 e. The first-order valence-corrected chi connectivity index (χ1v) is 10.2. The van der Waals surface area contributed by atoms with Crippen LogP contribution in [-0.4, -0.2) is 70.6 Å². The van der Waals surface area contributed by atoms with Gasteiger partial charge in [0.1, 0.15) is 0 Å². The Bertz CT molecular complexity index is 858. The van der Waals surface area contributed by atoms with Crippen molar-refractivity contribution in [3.63, 3.8) is 0 Å². The lowest BCUT2D eigenvalue weighted by Gasteiger charge is -2.34. The van der Waals surface area contributed by atoms with Crippen molar-refractivity contribution in [1.82, 2.24) is 9.80 Å². The number of piperazine rings is 1. The van der Waals surface area contributed by atoms with Gasteiger partial charge < -0.3 is 20.4 Å². The van der Waals surface area contributed by atoms with Crippen LogP contribution in [0.4, 0.5) is 5.69 Å². The fraction of sp³-hybridized carbons (Fsp3) is 0.318. The quantitative estimate of drug-likeness (QED) is 0.584. The number of hydrogen-bond acceptors (Lipinski definition) is 5. The van der Waals surface area contributed by atoms with Crippen molar-refractivity contribution in [2.24, 2.45) is 0 Å². The molecule has 0 bridgehead atoms. The Kier molecular flexibility index (Phi) is 9.96. The van der Waals surface area contributed by atoms with Crippen molar-refractivity contribution in [1.29, 1.82) is 0 Å². The van der Waals surface area contributed by atoms with Crippen molar-refractivity contribution in [3.8, 4) is 0 Å². The number of halogens is 1. The predicted molar refractivity (Wildman–Crippen MR) is 118 cm³/mol. The van der Waals surface area contributed by atoms with Crippen molar-refractivity contribution in [2.75, 3.05) is 38.0 Å². The predicted octanol–water partition coefficient (Wildman–Crippen LogP) is 2.64. The van der Waals surface area contributed by atoms with Crippen LogP contribution in [0.5, 0.6) is 0 Å². The molecule has 1 amide bonds. The fourth-order valence-corrected chi connectivity index (χ4v) is 3.23. The van der Waals surface area contributed by atoms with Crippen molar-refractivity contribution < 1.29 is 24.6 Å². The largest absolute Gasteiger partial charge is 0.473 e. The summed E-state index contributed by atoms with van der Waals surface area (Å²) in [7, 11) is 0. The minimum absolute atomic E-state index is 0.0137. The number of hydrogen-bond donors (Lipinski definition) is 3. The standard InChI is InChI=1S/C20H24ClN3O.C2H2O4/c21-18-8-4-5-9-19(18)22-20(25)10-11-23-12-14-24(15-13-23)16-17-6-2-1-3-7-17;3-1(4)2(5)6/h1-9H,10-16H2,(H,22,25);(H,3,4)(H,5,6). The molecule has 8 nitrogen and oxygen atoms in total. The van der Waals surface area contributed by atoms with Crippen molar-refractivity contribution in [3.05, 3.63) is 65.2 Å². The van der Waals surface area contributed by atoms with E-state index in [1.807, 2.05) is 18.2 Å². The first-order chi connectivity index (χ1) is 14.8. The molecule has 2 aromatic rings. The Hall–Kier alpha value is -2.94. The number of anilines is 1. The molecule has 31 heavy (non-hydrogen) atoms. The molecule has 0 aliphatic carbocycles. The Morgan fingerprint density at radius 1 is 0.839 bits per heavy atom. The lowest BCUT2D eigenvalue weighted by molar-refractivity contribution is -0.159. The van der Waals surface area contributed by atoms with Gasteiger partial charge in [-0.1, -0.05) is 54.1 Å². The highest BCUT2D eigenvalue weighted by atomic mass is 35.5. The number of benzene rings is 2. The van der Waals surface area contributed by atoms with Gasteiger partial charge in [0.15, 0.2) is 0 Å². The Balaban J connectivity index is 0.000000501. The van der Waals surface area contributed by atoms with E-state index in [4.69, 9.17) is 31.4 Å². The van der Waals surface area contributed by atoms with E-state index in [9.17, 15) is 4.79 Å². The highest BCUT2D eigenvalue weighted by Crippen LogP contribution is 2.20. The number of carbonyl (C=O) groups is 3. The number of nitrogens with one attached hydrogen (secondary N) is 1. The Labute approximate surface area is 186 Å². The van der Waals surface area contributed by atoms with Crippen LogP contribution in [0.25, 0.3) is 0 Å². The van der Waals surface area contributed by atoms with E-state index >= 15 is 0 Å². The molecule has 0 aromatic heterocycles. The van der Waals surface area contributed by atoms with E-state index in [0.29, 0.717) is 17.1 Å². The highest BCUT2D eigenvalue weighted by molar-refractivity contribution is 6.33. The third kappa shape index (κ3) is 9.17. The summed E-state index contributed by atoms with van der Waals surface area (Å²) in [4.78, 5) is 35.1. The summed E-state index contributed by atoms with van der Waals surface area (Å²) in [6, 6.07) is 17.9. The summed E-state index contributed by atoms with van der Waals surface area (Å²) in [5.74, 6) is -3.63. The molecule has 0 unspecified atom stereocenters. The number of rotatable bonds is 6. The molecule has 9 heteroatoms. The van der Waals surface area contributed by atoms with Crippen LogP contribution in [0.2, 0.25) is 5.02 Å². The van der Waals surface area contributed by atoms with Gasteiger partial charge in [0, 0.05) is 45.7 Å². The van der Waals surface area contributed by atoms with Gasteiger partial charge in [0.25, 0.3) is 0 Å². The summed E-state index contributed by atoms with van der Waals surface area (Å²) >= 11 is 6.07. The van der Waals surface area contributed by atoms with Crippen molar-refractivity contribution >= 4 is 35.1 Å². The molecule has 1 aliphatic rings. The van der Waals surface area contributed by atoms with Gasteiger partial charge in [0.2, 0.25) is 5.91 Å². The summed E-state index contributed by atoms with van der Waals surface area (Å²) < 4.78 is 0. The second-order valence-electron chi connectivity index (χ2n) is 6.99. The van der Waals surface area contributed by atoms with E-state index < -0.39 is 11.9 Å². The summed E-state index contributed by atoms with van der Waals surface area (Å²) in [6.07, 6.45) is 0.490. The SMILES string of the molecule is O=C(CCN1CCN(Cc2ccccc2)CC1)Nc1ccccc1Cl.O=C(O)C(=O)O. The molecule has 0 radical (unpaired) electrons. The van der Waals surface area contributed by atoms with Gasteiger partial charge in [-0.3, -0.25) is 9.69 Å². The van der Waals surface area contributed by atoms with Crippen LogP contribution in [0, 0.1) is 0 Å². The molecule has 1 aliphatic heterocycles. The maximum atomic E-state index is 12.1. The average molecular weight is 448 g/mol. The first kappa shape index (κ1) is 24.3. The average Bonchev–Trinajstić information content (AvgIpc) is 2.76. The van der Waals surface area contributed by atoms with Crippen LogP contribution in [0.15, 0.2) is 54.6 Å². The van der Waals surface area contributed by atoms with E-state index in [0.717, 1.165) is 39.3 Å². The zero-order valence-corrected chi connectivity index (χ0v) is 17.8. The number of nitrogens with zero attached hydrogens (tertiary/aromatic N) is 2. The number of para-hydroxylation sites is 1. The second-order valence-corrected chi connectivity index (χ2v) is 7.40. The van der Waals surface area contributed by atoms with Crippen LogP contribution < -0.4 is 5.32 Å². The lowest BCUT2D eigenvalue weighted by atomic mass is 10.2. The van der Waals surface area contributed by atoms with Gasteiger partial charge in [-0.15, -0.1) is 0 Å². The van der Waals surface area contributed by atoms with Crippen LogP contribution in [0.1, 0.15) is 12.0 Å². The highest BCUT2D eigenvalue weighted by Gasteiger charge is 2.17.